The summed E-state index contributed by atoms with van der Waals surface area (Å²) < 4.78 is 7.46. The Morgan fingerprint density at radius 1 is 1.32 bits per heavy atom. The number of aryl methyl sites for hydroxylation is 1. The van der Waals surface area contributed by atoms with Gasteiger partial charge in [0.1, 0.15) is 0 Å². The van der Waals surface area contributed by atoms with E-state index in [1.807, 2.05) is 47.6 Å². The van der Waals surface area contributed by atoms with Gasteiger partial charge in [0.05, 0.1) is 12.5 Å². The Balaban J connectivity index is 1.60. The minimum atomic E-state index is -0.151. The molecule has 150 valence electrons. The lowest BCUT2D eigenvalue weighted by Crippen LogP contribution is -2.40. The molecule has 1 fully saturated rings. The Kier molecular flexibility index (Phi) is 6.61. The number of aromatic nitrogens is 3. The number of nitrogens with one attached hydrogen (secondary N) is 1. The fourth-order valence-corrected chi connectivity index (χ4v) is 3.74. The molecule has 7 nitrogen and oxygen atoms in total. The predicted octanol–water partition coefficient (Wildman–Crippen LogP) is 3.11. The summed E-state index contributed by atoms with van der Waals surface area (Å²) in [6, 6.07) is 8.03. The van der Waals surface area contributed by atoms with Gasteiger partial charge in [-0.25, -0.2) is 0 Å². The summed E-state index contributed by atoms with van der Waals surface area (Å²) in [7, 11) is 0. The summed E-state index contributed by atoms with van der Waals surface area (Å²) in [6.45, 7) is 5.87. The first kappa shape index (κ1) is 20.3. The van der Waals surface area contributed by atoms with Gasteiger partial charge in [-0.2, -0.15) is 5.10 Å². The van der Waals surface area contributed by atoms with E-state index in [9.17, 15) is 9.59 Å². The normalized spacial score (nSPS) is 14.9. The van der Waals surface area contributed by atoms with Gasteiger partial charge in [-0.15, -0.1) is 0 Å². The van der Waals surface area contributed by atoms with Gasteiger partial charge in [0.2, 0.25) is 5.91 Å². The molecule has 3 rings (SSSR count). The van der Waals surface area contributed by atoms with Gasteiger partial charge < -0.3 is 9.64 Å². The molecule has 1 amide bonds. The van der Waals surface area contributed by atoms with Crippen molar-refractivity contribution in [3.63, 3.8) is 0 Å². The molecule has 0 spiro atoms. The summed E-state index contributed by atoms with van der Waals surface area (Å²) >= 11 is 5.35. The van der Waals surface area contributed by atoms with Crippen molar-refractivity contribution in [3.8, 4) is 11.4 Å². The molecular formula is C20H26N4O3S. The highest BCUT2D eigenvalue weighted by atomic mass is 32.1. The average molecular weight is 403 g/mol. The number of piperidine rings is 1. The number of H-pyrrole nitrogens is 1. The molecule has 0 saturated carbocycles. The molecule has 0 radical (unpaired) electrons. The smallest absolute Gasteiger partial charge is 0.309 e. The lowest BCUT2D eigenvalue weighted by atomic mass is 9.97. The molecule has 0 aliphatic carbocycles. The van der Waals surface area contributed by atoms with Gasteiger partial charge >= 0.3 is 5.97 Å². The van der Waals surface area contributed by atoms with E-state index in [0.29, 0.717) is 50.3 Å². The van der Waals surface area contributed by atoms with Crippen LogP contribution < -0.4 is 0 Å². The number of nitrogens with zero attached hydrogens (tertiary/aromatic N) is 3. The van der Waals surface area contributed by atoms with E-state index >= 15 is 0 Å². The van der Waals surface area contributed by atoms with Crippen molar-refractivity contribution in [1.82, 2.24) is 19.7 Å². The zero-order chi connectivity index (χ0) is 20.1. The maximum Gasteiger partial charge on any atom is 0.309 e. The van der Waals surface area contributed by atoms with Gasteiger partial charge in [0.25, 0.3) is 0 Å². The van der Waals surface area contributed by atoms with Gasteiger partial charge in [-0.1, -0.05) is 23.8 Å². The minimum Gasteiger partial charge on any atom is -0.466 e. The largest absolute Gasteiger partial charge is 0.466 e. The molecule has 1 N–H and O–H groups in total. The van der Waals surface area contributed by atoms with Crippen LogP contribution >= 0.6 is 12.2 Å². The van der Waals surface area contributed by atoms with Gasteiger partial charge in [0, 0.05) is 31.6 Å². The number of carbonyl (C=O) groups excluding carboxylic acids is 2. The summed E-state index contributed by atoms with van der Waals surface area (Å²) in [6.07, 6.45) is 1.66. The van der Waals surface area contributed by atoms with E-state index in [0.717, 1.165) is 17.0 Å². The van der Waals surface area contributed by atoms with Crippen molar-refractivity contribution < 1.29 is 14.3 Å². The van der Waals surface area contributed by atoms with E-state index < -0.39 is 0 Å². The van der Waals surface area contributed by atoms with Crippen LogP contribution in [0.1, 0.15) is 31.7 Å². The number of rotatable bonds is 6. The predicted molar refractivity (Wildman–Crippen MR) is 108 cm³/mol. The lowest BCUT2D eigenvalue weighted by molar-refractivity contribution is -0.151. The zero-order valence-corrected chi connectivity index (χ0v) is 17.1. The topological polar surface area (TPSA) is 80.2 Å². The van der Waals surface area contributed by atoms with Crippen LogP contribution in [0.4, 0.5) is 0 Å². The van der Waals surface area contributed by atoms with Crippen LogP contribution in [-0.4, -0.2) is 51.2 Å². The second-order valence-electron chi connectivity index (χ2n) is 7.03. The molecule has 1 saturated heterocycles. The molecular weight excluding hydrogens is 376 g/mol. The number of hydrogen-bond acceptors (Lipinski definition) is 5. The van der Waals surface area contributed by atoms with Crippen molar-refractivity contribution in [2.24, 2.45) is 5.92 Å². The number of amides is 1. The van der Waals surface area contributed by atoms with Crippen LogP contribution in [0.5, 0.6) is 0 Å². The first-order chi connectivity index (χ1) is 13.5. The highest BCUT2D eigenvalue weighted by molar-refractivity contribution is 7.71. The third-order valence-corrected chi connectivity index (χ3v) is 5.36. The number of ether oxygens (including phenoxy) is 1. The van der Waals surface area contributed by atoms with Crippen LogP contribution in [0.15, 0.2) is 24.3 Å². The zero-order valence-electron chi connectivity index (χ0n) is 16.3. The third kappa shape index (κ3) is 4.67. The highest BCUT2D eigenvalue weighted by Crippen LogP contribution is 2.21. The Labute approximate surface area is 169 Å². The number of carbonyl (C=O) groups is 2. The highest BCUT2D eigenvalue weighted by Gasteiger charge is 2.28. The van der Waals surface area contributed by atoms with E-state index in [4.69, 9.17) is 17.0 Å². The molecule has 0 bridgehead atoms. The maximum absolute atomic E-state index is 12.6. The number of hydrogen-bond donors (Lipinski definition) is 1. The fraction of sp³-hybridized carbons (Fsp3) is 0.500. The van der Waals surface area contributed by atoms with Crippen molar-refractivity contribution in [3.05, 3.63) is 34.6 Å². The van der Waals surface area contributed by atoms with E-state index in [-0.39, 0.29) is 17.8 Å². The second-order valence-corrected chi connectivity index (χ2v) is 7.42. The first-order valence-corrected chi connectivity index (χ1v) is 10.1. The molecule has 2 aromatic rings. The van der Waals surface area contributed by atoms with Crippen LogP contribution in [-0.2, 0) is 20.9 Å². The Hall–Kier alpha value is -2.48. The maximum atomic E-state index is 12.6. The Morgan fingerprint density at radius 3 is 2.75 bits per heavy atom. The molecule has 8 heteroatoms. The van der Waals surface area contributed by atoms with Gasteiger partial charge in [0.15, 0.2) is 10.6 Å². The van der Waals surface area contributed by atoms with Crippen LogP contribution in [0.2, 0.25) is 0 Å². The summed E-state index contributed by atoms with van der Waals surface area (Å²) in [5.41, 5.74) is 2.11. The van der Waals surface area contributed by atoms with Crippen LogP contribution in [0.25, 0.3) is 11.4 Å². The minimum absolute atomic E-state index is 0.0700. The van der Waals surface area contributed by atoms with Crippen molar-refractivity contribution in [2.75, 3.05) is 19.7 Å². The van der Waals surface area contributed by atoms with E-state index in [2.05, 4.69) is 10.2 Å². The summed E-state index contributed by atoms with van der Waals surface area (Å²) in [5, 5.41) is 7.16. The molecule has 28 heavy (non-hydrogen) atoms. The van der Waals surface area contributed by atoms with E-state index in [1.54, 1.807) is 0 Å². The SMILES string of the molecule is CCOC(=O)C1CCN(C(=O)CCn2c(-c3cccc(C)c3)n[nH]c2=S)CC1. The number of likely N-dealkylation sites (tertiary alicyclic amines) is 1. The standard InChI is InChI=1S/C20H26N4O3S/c1-3-27-19(26)15-7-10-23(11-8-15)17(25)9-12-24-18(21-22-20(24)28)16-6-4-5-14(2)13-16/h4-6,13,15H,3,7-12H2,1-2H3,(H,22,28). The second kappa shape index (κ2) is 9.14. The summed E-state index contributed by atoms with van der Waals surface area (Å²) in [5.74, 6) is 0.560. The average Bonchev–Trinajstić information content (AvgIpc) is 3.07. The number of benzene rings is 1. The summed E-state index contributed by atoms with van der Waals surface area (Å²) in [4.78, 5) is 26.3. The fourth-order valence-electron chi connectivity index (χ4n) is 3.52. The molecule has 1 aromatic heterocycles. The molecule has 0 atom stereocenters. The van der Waals surface area contributed by atoms with Crippen molar-refractivity contribution in [1.29, 1.82) is 0 Å². The molecule has 0 unspecified atom stereocenters. The Bertz CT molecular complexity index is 897. The lowest BCUT2D eigenvalue weighted by Gasteiger charge is -2.31. The monoisotopic (exact) mass is 402 g/mol. The quantitative estimate of drug-likeness (QED) is 0.593. The van der Waals surface area contributed by atoms with Gasteiger partial charge in [-0.3, -0.25) is 19.3 Å². The van der Waals surface area contributed by atoms with Crippen molar-refractivity contribution >= 4 is 24.1 Å². The first-order valence-electron chi connectivity index (χ1n) is 9.66. The number of esters is 1. The molecule has 2 heterocycles. The molecule has 1 aliphatic heterocycles. The van der Waals surface area contributed by atoms with Crippen LogP contribution in [0, 0.1) is 17.6 Å². The number of aromatic amines is 1. The molecule has 1 aromatic carbocycles. The van der Waals surface area contributed by atoms with Crippen LogP contribution in [0.3, 0.4) is 0 Å². The third-order valence-electron chi connectivity index (χ3n) is 5.05. The molecule has 1 aliphatic rings. The Morgan fingerprint density at radius 2 is 2.07 bits per heavy atom. The van der Waals surface area contributed by atoms with Crippen molar-refractivity contribution in [2.45, 2.75) is 39.7 Å². The van der Waals surface area contributed by atoms with Gasteiger partial charge in [-0.05, 0) is 45.0 Å². The van der Waals surface area contributed by atoms with E-state index in [1.165, 1.54) is 0 Å².